The van der Waals surface area contributed by atoms with Crippen LogP contribution in [0.1, 0.15) is 11.1 Å². The number of amides is 2. The van der Waals surface area contributed by atoms with Gasteiger partial charge < -0.3 is 19.3 Å². The van der Waals surface area contributed by atoms with E-state index in [1.165, 1.54) is 0 Å². The molecule has 0 atom stereocenters. The second kappa shape index (κ2) is 12.8. The first-order chi connectivity index (χ1) is 16.6. The molecule has 2 amide bonds. The molecule has 6 heteroatoms. The second-order valence-electron chi connectivity index (χ2n) is 7.64. The van der Waals surface area contributed by atoms with Crippen molar-refractivity contribution in [2.45, 2.75) is 0 Å². The van der Waals surface area contributed by atoms with Crippen molar-refractivity contribution in [3.8, 4) is 11.5 Å². The summed E-state index contributed by atoms with van der Waals surface area (Å²) < 4.78 is 10.4. The highest BCUT2D eigenvalue weighted by Crippen LogP contribution is 2.14. The number of nitrogens with zero attached hydrogens (tertiary/aromatic N) is 2. The molecule has 1 aliphatic rings. The SMILES string of the molecule is COc1cccc(C=CC=CC(=O)N2CCN(C(=O)C=CC=Cc3cccc(OC)c3)CC2)c1. The van der Waals surface area contributed by atoms with Crippen LogP contribution in [0.3, 0.4) is 0 Å². The molecule has 0 aromatic heterocycles. The maximum absolute atomic E-state index is 12.4. The zero-order chi connectivity index (χ0) is 24.2. The topological polar surface area (TPSA) is 59.1 Å². The van der Waals surface area contributed by atoms with Crippen LogP contribution >= 0.6 is 0 Å². The molecule has 0 bridgehead atoms. The third kappa shape index (κ3) is 7.52. The molecule has 0 saturated carbocycles. The number of rotatable bonds is 8. The van der Waals surface area contributed by atoms with E-state index in [-0.39, 0.29) is 11.8 Å². The minimum absolute atomic E-state index is 0.0563. The van der Waals surface area contributed by atoms with Crippen LogP contribution in [0.25, 0.3) is 12.2 Å². The highest BCUT2D eigenvalue weighted by atomic mass is 16.5. The minimum Gasteiger partial charge on any atom is -0.497 e. The number of carbonyl (C=O) groups is 2. The average molecular weight is 459 g/mol. The van der Waals surface area contributed by atoms with Crippen molar-refractivity contribution in [3.63, 3.8) is 0 Å². The average Bonchev–Trinajstić information content (AvgIpc) is 2.89. The highest BCUT2D eigenvalue weighted by molar-refractivity contribution is 5.90. The van der Waals surface area contributed by atoms with Gasteiger partial charge in [-0.05, 0) is 35.4 Å². The van der Waals surface area contributed by atoms with Crippen molar-refractivity contribution in [1.29, 1.82) is 0 Å². The largest absolute Gasteiger partial charge is 0.497 e. The lowest BCUT2D eigenvalue weighted by Gasteiger charge is -2.33. The van der Waals surface area contributed by atoms with Crippen LogP contribution in [0.4, 0.5) is 0 Å². The first-order valence-electron chi connectivity index (χ1n) is 11.1. The molecule has 2 aromatic rings. The summed E-state index contributed by atoms with van der Waals surface area (Å²) in [4.78, 5) is 28.4. The van der Waals surface area contributed by atoms with Gasteiger partial charge in [0.1, 0.15) is 11.5 Å². The molecule has 1 saturated heterocycles. The van der Waals surface area contributed by atoms with Gasteiger partial charge in [-0.3, -0.25) is 9.59 Å². The summed E-state index contributed by atoms with van der Waals surface area (Å²) in [7, 11) is 3.26. The summed E-state index contributed by atoms with van der Waals surface area (Å²) in [6, 6.07) is 15.4. The van der Waals surface area contributed by atoms with Crippen molar-refractivity contribution in [1.82, 2.24) is 9.80 Å². The van der Waals surface area contributed by atoms with E-state index in [2.05, 4.69) is 0 Å². The van der Waals surface area contributed by atoms with Crippen molar-refractivity contribution in [3.05, 3.63) is 96.1 Å². The Labute approximate surface area is 201 Å². The maximum Gasteiger partial charge on any atom is 0.246 e. The fourth-order valence-corrected chi connectivity index (χ4v) is 3.46. The van der Waals surface area contributed by atoms with Gasteiger partial charge in [0.05, 0.1) is 14.2 Å². The van der Waals surface area contributed by atoms with Crippen molar-refractivity contribution < 1.29 is 19.1 Å². The van der Waals surface area contributed by atoms with E-state index in [0.29, 0.717) is 26.2 Å². The number of methoxy groups -OCH3 is 2. The summed E-state index contributed by atoms with van der Waals surface area (Å²) in [5.41, 5.74) is 1.99. The van der Waals surface area contributed by atoms with E-state index in [1.807, 2.05) is 72.8 Å². The first-order valence-corrected chi connectivity index (χ1v) is 11.1. The molecular weight excluding hydrogens is 428 g/mol. The Hall–Kier alpha value is -4.06. The zero-order valence-corrected chi connectivity index (χ0v) is 19.6. The fourth-order valence-electron chi connectivity index (χ4n) is 3.46. The van der Waals surface area contributed by atoms with Crippen LogP contribution in [0.2, 0.25) is 0 Å². The van der Waals surface area contributed by atoms with Gasteiger partial charge in [-0.1, -0.05) is 60.7 Å². The maximum atomic E-state index is 12.4. The van der Waals surface area contributed by atoms with Crippen LogP contribution in [0.15, 0.2) is 85.0 Å². The number of hydrogen-bond acceptors (Lipinski definition) is 4. The normalized spacial score (nSPS) is 14.5. The van der Waals surface area contributed by atoms with E-state index < -0.39 is 0 Å². The van der Waals surface area contributed by atoms with E-state index >= 15 is 0 Å². The Morgan fingerprint density at radius 1 is 0.676 bits per heavy atom. The van der Waals surface area contributed by atoms with E-state index in [0.717, 1.165) is 22.6 Å². The molecule has 1 aliphatic heterocycles. The van der Waals surface area contributed by atoms with Crippen LogP contribution in [-0.2, 0) is 9.59 Å². The molecule has 2 aromatic carbocycles. The van der Waals surface area contributed by atoms with Gasteiger partial charge in [0.15, 0.2) is 0 Å². The Kier molecular flexibility index (Phi) is 9.29. The summed E-state index contributed by atoms with van der Waals surface area (Å²) in [5, 5.41) is 0. The number of hydrogen-bond donors (Lipinski definition) is 0. The summed E-state index contributed by atoms with van der Waals surface area (Å²) >= 11 is 0. The molecular formula is C28H30N2O4. The third-order valence-corrected chi connectivity index (χ3v) is 5.37. The molecule has 176 valence electrons. The summed E-state index contributed by atoms with van der Waals surface area (Å²) in [5.74, 6) is 1.47. The van der Waals surface area contributed by atoms with Crippen LogP contribution < -0.4 is 9.47 Å². The molecule has 3 rings (SSSR count). The lowest BCUT2D eigenvalue weighted by molar-refractivity contribution is -0.134. The van der Waals surface area contributed by atoms with Gasteiger partial charge >= 0.3 is 0 Å². The number of carbonyl (C=O) groups excluding carboxylic acids is 2. The van der Waals surface area contributed by atoms with Crippen LogP contribution in [0, 0.1) is 0 Å². The summed E-state index contributed by atoms with van der Waals surface area (Å²) in [6.07, 6.45) is 14.1. The number of benzene rings is 2. The quantitative estimate of drug-likeness (QED) is 0.439. The number of piperazine rings is 1. The molecule has 0 aliphatic carbocycles. The third-order valence-electron chi connectivity index (χ3n) is 5.37. The van der Waals surface area contributed by atoms with E-state index in [1.54, 1.807) is 48.3 Å². The molecule has 6 nitrogen and oxygen atoms in total. The lowest BCUT2D eigenvalue weighted by Crippen LogP contribution is -2.49. The highest BCUT2D eigenvalue weighted by Gasteiger charge is 2.21. The van der Waals surface area contributed by atoms with Crippen molar-refractivity contribution in [2.75, 3.05) is 40.4 Å². The van der Waals surface area contributed by atoms with E-state index in [9.17, 15) is 9.59 Å². The number of allylic oxidation sites excluding steroid dienone is 4. The monoisotopic (exact) mass is 458 g/mol. The van der Waals surface area contributed by atoms with Gasteiger partial charge in [0, 0.05) is 38.3 Å². The zero-order valence-electron chi connectivity index (χ0n) is 19.6. The van der Waals surface area contributed by atoms with Gasteiger partial charge in [0.25, 0.3) is 0 Å². The summed E-state index contributed by atoms with van der Waals surface area (Å²) in [6.45, 7) is 2.06. The molecule has 1 fully saturated rings. The Balaban J connectivity index is 1.42. The lowest BCUT2D eigenvalue weighted by atomic mass is 10.2. The van der Waals surface area contributed by atoms with Gasteiger partial charge in [-0.2, -0.15) is 0 Å². The van der Waals surface area contributed by atoms with Crippen molar-refractivity contribution >= 4 is 24.0 Å². The molecule has 1 heterocycles. The molecule has 0 radical (unpaired) electrons. The van der Waals surface area contributed by atoms with Gasteiger partial charge in [-0.25, -0.2) is 0 Å². The molecule has 0 N–H and O–H groups in total. The van der Waals surface area contributed by atoms with Gasteiger partial charge in [-0.15, -0.1) is 0 Å². The molecule has 34 heavy (non-hydrogen) atoms. The van der Waals surface area contributed by atoms with Crippen LogP contribution in [-0.4, -0.2) is 62.0 Å². The number of ether oxygens (including phenoxy) is 2. The smallest absolute Gasteiger partial charge is 0.246 e. The Bertz CT molecular complexity index is 1010. The Morgan fingerprint density at radius 3 is 1.47 bits per heavy atom. The van der Waals surface area contributed by atoms with E-state index in [4.69, 9.17) is 9.47 Å². The molecule has 0 unspecified atom stereocenters. The van der Waals surface area contributed by atoms with Crippen LogP contribution in [0.5, 0.6) is 11.5 Å². The standard InChI is InChI=1S/C28H30N2O4/c1-33-25-13-7-11-23(21-25)9-3-5-15-27(31)29-17-19-30(20-18-29)28(32)16-6-4-10-24-12-8-14-26(22-24)34-2/h3-16,21-22H,17-20H2,1-2H3. The fraction of sp³-hybridized carbons (Fsp3) is 0.214. The first kappa shape index (κ1) is 24.6. The van der Waals surface area contributed by atoms with Crippen molar-refractivity contribution in [2.24, 2.45) is 0 Å². The second-order valence-corrected chi connectivity index (χ2v) is 7.64. The predicted octanol–water partition coefficient (Wildman–Crippen LogP) is 4.21. The van der Waals surface area contributed by atoms with Gasteiger partial charge in [0.2, 0.25) is 11.8 Å². The molecule has 0 spiro atoms. The predicted molar refractivity (Wildman–Crippen MR) is 135 cm³/mol. The minimum atomic E-state index is -0.0563. The Morgan fingerprint density at radius 2 is 1.09 bits per heavy atom.